The summed E-state index contributed by atoms with van der Waals surface area (Å²) >= 11 is 0. The van der Waals surface area contributed by atoms with Crippen molar-refractivity contribution in [3.8, 4) is 0 Å². The Balaban J connectivity index is 1.43. The van der Waals surface area contributed by atoms with Crippen LogP contribution in [0.1, 0.15) is 25.5 Å². The highest BCUT2D eigenvalue weighted by molar-refractivity contribution is 6.00. The van der Waals surface area contributed by atoms with Crippen molar-refractivity contribution in [3.05, 3.63) is 47.9 Å². The molecule has 3 aromatic rings. The number of hydrogen-bond acceptors (Lipinski definition) is 5. The second kappa shape index (κ2) is 8.48. The second-order valence-electron chi connectivity index (χ2n) is 8.57. The molecular formula is C21H22F3N7O3. The number of hydrogen-bond donors (Lipinski definition) is 5. The highest BCUT2D eigenvalue weighted by Crippen LogP contribution is 2.29. The average Bonchev–Trinajstić information content (AvgIpc) is 3.12. The Morgan fingerprint density at radius 2 is 1.88 bits per heavy atom. The van der Waals surface area contributed by atoms with Gasteiger partial charge in [0.1, 0.15) is 11.6 Å². The molecule has 10 nitrogen and oxygen atoms in total. The number of aromatic amines is 1. The van der Waals surface area contributed by atoms with Crippen molar-refractivity contribution >= 4 is 34.6 Å². The first-order chi connectivity index (χ1) is 15.9. The van der Waals surface area contributed by atoms with Gasteiger partial charge >= 0.3 is 12.1 Å². The van der Waals surface area contributed by atoms with Gasteiger partial charge in [-0.25, -0.2) is 27.7 Å². The molecule has 0 unspecified atom stereocenters. The smallest absolute Gasteiger partial charge is 0.323 e. The molecule has 1 atom stereocenters. The van der Waals surface area contributed by atoms with Crippen molar-refractivity contribution in [2.75, 3.05) is 23.7 Å². The molecule has 0 aliphatic carbocycles. The summed E-state index contributed by atoms with van der Waals surface area (Å²) in [6.45, 7) is 1.69. The minimum Gasteiger partial charge on any atom is -0.388 e. The first-order valence-electron chi connectivity index (χ1n) is 10.2. The molecule has 180 valence electrons. The van der Waals surface area contributed by atoms with Gasteiger partial charge in [-0.15, -0.1) is 0 Å². The number of carbonyl (C=O) groups is 2. The first kappa shape index (κ1) is 23.3. The van der Waals surface area contributed by atoms with E-state index >= 15 is 0 Å². The number of pyridine rings is 1. The third-order valence-corrected chi connectivity index (χ3v) is 5.23. The van der Waals surface area contributed by atoms with Crippen LogP contribution in [0.2, 0.25) is 0 Å². The Kier molecular flexibility index (Phi) is 5.81. The normalized spacial score (nSPS) is 16.0. The molecule has 0 saturated carbocycles. The average molecular weight is 477 g/mol. The number of nitrogens with zero attached hydrogens (tertiary/aromatic N) is 3. The molecule has 1 aromatic carbocycles. The highest BCUT2D eigenvalue weighted by Gasteiger charge is 2.46. The van der Waals surface area contributed by atoms with E-state index in [0.29, 0.717) is 16.5 Å². The number of aromatic nitrogens is 3. The van der Waals surface area contributed by atoms with Gasteiger partial charge in [0, 0.05) is 12.3 Å². The van der Waals surface area contributed by atoms with E-state index in [1.165, 1.54) is 50.4 Å². The Bertz CT molecular complexity index is 1220. The molecule has 13 heteroatoms. The summed E-state index contributed by atoms with van der Waals surface area (Å²) < 4.78 is 39.2. The van der Waals surface area contributed by atoms with Crippen molar-refractivity contribution in [2.24, 2.45) is 0 Å². The quantitative estimate of drug-likeness (QED) is 0.385. The van der Waals surface area contributed by atoms with E-state index in [0.717, 1.165) is 4.90 Å². The predicted molar refractivity (Wildman–Crippen MR) is 117 cm³/mol. The van der Waals surface area contributed by atoms with Gasteiger partial charge < -0.3 is 15.3 Å². The molecule has 1 aliphatic rings. The summed E-state index contributed by atoms with van der Waals surface area (Å²) in [6, 6.07) is 4.62. The number of nitrogens with one attached hydrogen (secondary N) is 4. The largest absolute Gasteiger partial charge is 0.388 e. The number of fused-ring (bicyclic) bond motifs is 1. The number of anilines is 2. The molecule has 2 aromatic heterocycles. The molecule has 1 fully saturated rings. The lowest BCUT2D eigenvalue weighted by Crippen LogP contribution is -2.59. The number of urea groups is 2. The van der Waals surface area contributed by atoms with Gasteiger partial charge in [0.15, 0.2) is 5.82 Å². The van der Waals surface area contributed by atoms with Gasteiger partial charge in [-0.3, -0.25) is 15.7 Å². The van der Waals surface area contributed by atoms with E-state index < -0.39 is 48.5 Å². The lowest BCUT2D eigenvalue weighted by atomic mass is 9.92. The molecule has 0 radical (unpaired) electrons. The maximum atomic E-state index is 13.3. The molecule has 1 aliphatic heterocycles. The number of rotatable bonds is 5. The fourth-order valence-corrected chi connectivity index (χ4v) is 3.52. The highest BCUT2D eigenvalue weighted by atomic mass is 19.3. The van der Waals surface area contributed by atoms with Gasteiger partial charge in [-0.1, -0.05) is 12.1 Å². The molecule has 34 heavy (non-hydrogen) atoms. The first-order valence-corrected chi connectivity index (χ1v) is 10.2. The lowest BCUT2D eigenvalue weighted by molar-refractivity contribution is -0.107. The van der Waals surface area contributed by atoms with Crippen LogP contribution in [0.4, 0.5) is 34.4 Å². The molecule has 3 heterocycles. The van der Waals surface area contributed by atoms with Gasteiger partial charge in [0.05, 0.1) is 35.6 Å². The number of carbonyl (C=O) groups excluding carboxylic acids is 2. The Morgan fingerprint density at radius 1 is 1.21 bits per heavy atom. The summed E-state index contributed by atoms with van der Waals surface area (Å²) in [5.74, 6) is -3.08. The lowest BCUT2D eigenvalue weighted by Gasteiger charge is -2.38. The molecule has 1 saturated heterocycles. The van der Waals surface area contributed by atoms with E-state index in [4.69, 9.17) is 0 Å². The fourth-order valence-electron chi connectivity index (χ4n) is 3.52. The van der Waals surface area contributed by atoms with Crippen LogP contribution in [0.3, 0.4) is 0 Å². The van der Waals surface area contributed by atoms with Crippen LogP contribution in [-0.4, -0.2) is 61.9 Å². The number of H-pyrrole nitrogens is 1. The molecule has 0 spiro atoms. The Hall–Kier alpha value is -3.87. The van der Waals surface area contributed by atoms with Crippen molar-refractivity contribution in [3.63, 3.8) is 0 Å². The zero-order chi connectivity index (χ0) is 24.7. The van der Waals surface area contributed by atoms with E-state index in [2.05, 4.69) is 31.1 Å². The fraction of sp³-hybridized carbons (Fsp3) is 0.333. The van der Waals surface area contributed by atoms with Crippen molar-refractivity contribution in [2.45, 2.75) is 31.4 Å². The molecular weight excluding hydrogens is 455 g/mol. The standard InChI is InChI=1S/C21H22F3N7O3/c1-20(2,34)16(11-3-5-12(22)6-4-11)27-18(32)26-15-7-14-13(8-25-15)17(30-29-14)28-19(33)31-9-21(23,24)10-31/h3-8,16,34H,9-10H2,1-2H3,(H2,25,26,27,32)(H2,28,29,30,33)/t16-/m0/s1. The number of halogens is 3. The van der Waals surface area contributed by atoms with Crippen LogP contribution in [-0.2, 0) is 0 Å². The molecule has 5 N–H and O–H groups in total. The third-order valence-electron chi connectivity index (χ3n) is 5.23. The molecule has 0 bridgehead atoms. The van der Waals surface area contributed by atoms with E-state index in [9.17, 15) is 27.9 Å². The summed E-state index contributed by atoms with van der Waals surface area (Å²) in [5.41, 5.74) is -0.433. The maximum Gasteiger partial charge on any atom is 0.323 e. The molecule has 4 rings (SSSR count). The van der Waals surface area contributed by atoms with Crippen LogP contribution in [0.15, 0.2) is 36.5 Å². The van der Waals surface area contributed by atoms with Gasteiger partial charge in [-0.2, -0.15) is 5.10 Å². The van der Waals surface area contributed by atoms with Crippen LogP contribution in [0.5, 0.6) is 0 Å². The van der Waals surface area contributed by atoms with Crippen LogP contribution >= 0.6 is 0 Å². The predicted octanol–water partition coefficient (Wildman–Crippen LogP) is 3.21. The van der Waals surface area contributed by atoms with E-state index in [-0.39, 0.29) is 11.6 Å². The van der Waals surface area contributed by atoms with Crippen molar-refractivity contribution in [1.29, 1.82) is 0 Å². The topological polar surface area (TPSA) is 135 Å². The maximum absolute atomic E-state index is 13.3. The summed E-state index contributed by atoms with van der Waals surface area (Å²) in [5, 5.41) is 25.1. The zero-order valence-electron chi connectivity index (χ0n) is 18.2. The Labute approximate surface area is 191 Å². The van der Waals surface area contributed by atoms with Crippen LogP contribution < -0.4 is 16.0 Å². The second-order valence-corrected chi connectivity index (χ2v) is 8.57. The van der Waals surface area contributed by atoms with Crippen molar-refractivity contribution < 1.29 is 27.9 Å². The number of aliphatic hydroxyl groups is 1. The number of alkyl halides is 2. The van der Waals surface area contributed by atoms with E-state index in [1.54, 1.807) is 0 Å². The monoisotopic (exact) mass is 477 g/mol. The number of amides is 4. The zero-order valence-corrected chi connectivity index (χ0v) is 18.2. The van der Waals surface area contributed by atoms with Gasteiger partial charge in [0.25, 0.3) is 5.92 Å². The minimum absolute atomic E-state index is 0.108. The van der Waals surface area contributed by atoms with Crippen molar-refractivity contribution in [1.82, 2.24) is 25.4 Å². The SMILES string of the molecule is CC(C)(O)[C@@H](NC(=O)Nc1cc2[nH]nc(NC(=O)N3CC(F)(F)C3)c2cn1)c1ccc(F)cc1. The third kappa shape index (κ3) is 5.03. The summed E-state index contributed by atoms with van der Waals surface area (Å²) in [7, 11) is 0. The van der Waals surface area contributed by atoms with Crippen LogP contribution in [0.25, 0.3) is 10.9 Å². The summed E-state index contributed by atoms with van der Waals surface area (Å²) in [6.07, 6.45) is 1.35. The van der Waals surface area contributed by atoms with Gasteiger partial charge in [0.2, 0.25) is 0 Å². The van der Waals surface area contributed by atoms with Crippen LogP contribution in [0, 0.1) is 5.82 Å². The molecule has 4 amide bonds. The van der Waals surface area contributed by atoms with Gasteiger partial charge in [-0.05, 0) is 31.5 Å². The summed E-state index contributed by atoms with van der Waals surface area (Å²) in [4.78, 5) is 29.7. The van der Waals surface area contributed by atoms with E-state index in [1.807, 2.05) is 0 Å². The number of benzene rings is 1. The number of likely N-dealkylation sites (tertiary alicyclic amines) is 1. The minimum atomic E-state index is -2.88. The Morgan fingerprint density at radius 3 is 2.50 bits per heavy atom.